The summed E-state index contributed by atoms with van der Waals surface area (Å²) in [6, 6.07) is 12.4. The van der Waals surface area contributed by atoms with Gasteiger partial charge in [0, 0.05) is 0 Å². The Morgan fingerprint density at radius 1 is 1.13 bits per heavy atom. The lowest BCUT2D eigenvalue weighted by molar-refractivity contribution is 1.30. The summed E-state index contributed by atoms with van der Waals surface area (Å²) < 4.78 is 0. The Labute approximate surface area is 94.2 Å². The summed E-state index contributed by atoms with van der Waals surface area (Å²) in [4.78, 5) is 0. The lowest BCUT2D eigenvalue weighted by Gasteiger charge is -1.87. The first kappa shape index (κ1) is 9.97. The highest BCUT2D eigenvalue weighted by molar-refractivity contribution is 7.07. The molecule has 0 N–H and O–H groups in total. The Morgan fingerprint density at radius 2 is 2.00 bits per heavy atom. The van der Waals surface area contributed by atoms with E-state index < -0.39 is 0 Å². The van der Waals surface area contributed by atoms with E-state index in [2.05, 4.69) is 40.8 Å². The van der Waals surface area contributed by atoms with E-state index in [1.807, 2.05) is 24.3 Å². The molecule has 0 aliphatic rings. The zero-order valence-electron chi connectivity index (χ0n) is 8.39. The molecule has 2 aromatic rings. The molecule has 1 heterocycles. The lowest BCUT2D eigenvalue weighted by atomic mass is 10.2. The summed E-state index contributed by atoms with van der Waals surface area (Å²) in [5, 5.41) is 4.27. The molecule has 1 aromatic carbocycles. The van der Waals surface area contributed by atoms with Crippen molar-refractivity contribution in [2.75, 3.05) is 0 Å². The van der Waals surface area contributed by atoms with E-state index in [0.29, 0.717) is 0 Å². The zero-order chi connectivity index (χ0) is 10.3. The van der Waals surface area contributed by atoms with Gasteiger partial charge in [-0.25, -0.2) is 0 Å². The third kappa shape index (κ3) is 3.25. The van der Waals surface area contributed by atoms with Crippen molar-refractivity contribution in [3.63, 3.8) is 0 Å². The highest BCUT2D eigenvalue weighted by Gasteiger charge is 1.86. The Balaban J connectivity index is 1.97. The van der Waals surface area contributed by atoms with E-state index in [1.54, 1.807) is 11.3 Å². The largest absolute Gasteiger partial charge is 0.152 e. The molecule has 15 heavy (non-hydrogen) atoms. The van der Waals surface area contributed by atoms with Gasteiger partial charge in [-0.1, -0.05) is 30.3 Å². The maximum atomic E-state index is 3.19. The van der Waals surface area contributed by atoms with Crippen LogP contribution in [0, 0.1) is 0 Å². The smallest absolute Gasteiger partial charge is 0.00130 e. The predicted molar refractivity (Wildman–Crippen MR) is 67.0 cm³/mol. The quantitative estimate of drug-likeness (QED) is 0.670. The van der Waals surface area contributed by atoms with Gasteiger partial charge in [-0.3, -0.25) is 0 Å². The molecule has 0 fully saturated rings. The van der Waals surface area contributed by atoms with Crippen molar-refractivity contribution in [3.8, 4) is 0 Å². The van der Waals surface area contributed by atoms with E-state index in [-0.39, 0.29) is 0 Å². The fourth-order valence-electron chi connectivity index (χ4n) is 1.29. The fraction of sp³-hybridized carbons (Fsp3) is 0.0714. The fourth-order valence-corrected chi connectivity index (χ4v) is 1.97. The summed E-state index contributed by atoms with van der Waals surface area (Å²) >= 11 is 1.74. The number of thiophene rings is 1. The van der Waals surface area contributed by atoms with Gasteiger partial charge >= 0.3 is 0 Å². The molecule has 0 bridgehead atoms. The molecule has 0 aliphatic heterocycles. The van der Waals surface area contributed by atoms with Gasteiger partial charge in [0.15, 0.2) is 0 Å². The van der Waals surface area contributed by atoms with Crippen molar-refractivity contribution in [2.45, 2.75) is 6.42 Å². The highest BCUT2D eigenvalue weighted by atomic mass is 32.1. The third-order valence-electron chi connectivity index (χ3n) is 2.09. The topological polar surface area (TPSA) is 0 Å². The molecule has 0 saturated carbocycles. The number of hydrogen-bond acceptors (Lipinski definition) is 1. The van der Waals surface area contributed by atoms with Crippen LogP contribution in [0.2, 0.25) is 0 Å². The second kappa shape index (κ2) is 5.35. The maximum absolute atomic E-state index is 3.19. The average Bonchev–Trinajstić information content (AvgIpc) is 2.79. The van der Waals surface area contributed by atoms with Crippen LogP contribution in [-0.4, -0.2) is 0 Å². The van der Waals surface area contributed by atoms with Crippen LogP contribution in [0.25, 0.3) is 6.08 Å². The second-order valence-corrected chi connectivity index (χ2v) is 4.04. The molecule has 2 rings (SSSR count). The first-order valence-corrected chi connectivity index (χ1v) is 5.86. The Kier molecular flexibility index (Phi) is 3.56. The van der Waals surface area contributed by atoms with E-state index in [4.69, 9.17) is 0 Å². The average molecular weight is 212 g/mol. The normalized spacial score (nSPS) is 9.33. The van der Waals surface area contributed by atoms with E-state index in [9.17, 15) is 0 Å². The van der Waals surface area contributed by atoms with Gasteiger partial charge in [-0.05, 0) is 46.5 Å². The van der Waals surface area contributed by atoms with Crippen LogP contribution in [0.4, 0.5) is 0 Å². The van der Waals surface area contributed by atoms with Crippen LogP contribution in [0.1, 0.15) is 11.1 Å². The molecule has 0 saturated heterocycles. The monoisotopic (exact) mass is 212 g/mol. The van der Waals surface area contributed by atoms with Crippen LogP contribution in [-0.2, 0) is 6.42 Å². The molecule has 0 amide bonds. The first-order valence-electron chi connectivity index (χ1n) is 4.92. The molecule has 0 nitrogen and oxygen atoms in total. The molecule has 1 heteroatoms. The Morgan fingerprint density at radius 3 is 2.73 bits per heavy atom. The molecule has 0 radical (unpaired) electrons. The van der Waals surface area contributed by atoms with Crippen molar-refractivity contribution in [1.82, 2.24) is 0 Å². The minimum absolute atomic E-state index is 0.965. The molecule has 1 aromatic heterocycles. The summed E-state index contributed by atoms with van der Waals surface area (Å²) in [5.74, 6) is 0. The standard InChI is InChI=1S/C14H12S/c1-2-6-13(7-3-1)8-4-5-9-14-10-11-15-12-14/h1-3,5-8,10-12H,9H2. The van der Waals surface area contributed by atoms with Crippen molar-refractivity contribution < 1.29 is 0 Å². The minimum Gasteiger partial charge on any atom is -0.152 e. The Hall–Kier alpha value is -1.56. The summed E-state index contributed by atoms with van der Waals surface area (Å²) in [6.45, 7) is 0. The molecule has 0 aliphatic carbocycles. The third-order valence-corrected chi connectivity index (χ3v) is 2.82. The molecule has 0 spiro atoms. The van der Waals surface area contributed by atoms with Crippen molar-refractivity contribution >= 4 is 17.4 Å². The van der Waals surface area contributed by atoms with Gasteiger partial charge in [0.1, 0.15) is 0 Å². The van der Waals surface area contributed by atoms with Gasteiger partial charge in [0.25, 0.3) is 0 Å². The van der Waals surface area contributed by atoms with Gasteiger partial charge in [0.2, 0.25) is 0 Å². The summed E-state index contributed by atoms with van der Waals surface area (Å²) in [5.41, 5.74) is 5.74. The number of benzene rings is 1. The molecule has 0 atom stereocenters. The van der Waals surface area contributed by atoms with Gasteiger partial charge in [-0.15, -0.1) is 5.73 Å². The van der Waals surface area contributed by atoms with Gasteiger partial charge in [0.05, 0.1) is 0 Å². The maximum Gasteiger partial charge on any atom is -0.00130 e. The second-order valence-electron chi connectivity index (χ2n) is 3.26. The van der Waals surface area contributed by atoms with Crippen LogP contribution in [0.3, 0.4) is 0 Å². The van der Waals surface area contributed by atoms with E-state index >= 15 is 0 Å². The lowest BCUT2D eigenvalue weighted by Crippen LogP contribution is -1.71. The molecular formula is C14H12S. The van der Waals surface area contributed by atoms with Gasteiger partial charge in [-0.2, -0.15) is 11.3 Å². The van der Waals surface area contributed by atoms with Crippen LogP contribution in [0.5, 0.6) is 0 Å². The predicted octanol–water partition coefficient (Wildman–Crippen LogP) is 4.16. The summed E-state index contributed by atoms with van der Waals surface area (Å²) in [6.07, 6.45) is 5.04. The van der Waals surface area contributed by atoms with Crippen molar-refractivity contribution in [3.05, 3.63) is 70.1 Å². The first-order chi connectivity index (χ1) is 7.45. The molecular weight excluding hydrogens is 200 g/mol. The van der Waals surface area contributed by atoms with Crippen molar-refractivity contribution in [1.29, 1.82) is 0 Å². The molecule has 0 unspecified atom stereocenters. The van der Waals surface area contributed by atoms with E-state index in [0.717, 1.165) is 6.42 Å². The minimum atomic E-state index is 0.965. The summed E-state index contributed by atoms with van der Waals surface area (Å²) in [7, 11) is 0. The van der Waals surface area contributed by atoms with E-state index in [1.165, 1.54) is 11.1 Å². The van der Waals surface area contributed by atoms with Crippen LogP contribution >= 0.6 is 11.3 Å². The number of rotatable bonds is 3. The number of hydrogen-bond donors (Lipinski definition) is 0. The van der Waals surface area contributed by atoms with Crippen LogP contribution < -0.4 is 0 Å². The van der Waals surface area contributed by atoms with Gasteiger partial charge < -0.3 is 0 Å². The SMILES string of the molecule is C(=CCc1ccsc1)=Cc1ccccc1. The molecule has 74 valence electrons. The van der Waals surface area contributed by atoms with Crippen LogP contribution in [0.15, 0.2) is 59.0 Å². The van der Waals surface area contributed by atoms with Crippen molar-refractivity contribution in [2.24, 2.45) is 0 Å². The zero-order valence-corrected chi connectivity index (χ0v) is 9.21. The Bertz CT molecular complexity index is 445. The number of allylic oxidation sites excluding steroid dienone is 1. The highest BCUT2D eigenvalue weighted by Crippen LogP contribution is 2.06.